The first-order chi connectivity index (χ1) is 9.75. The fourth-order valence-corrected chi connectivity index (χ4v) is 3.62. The van der Waals surface area contributed by atoms with E-state index in [-0.39, 0.29) is 0 Å². The minimum Gasteiger partial charge on any atom is -0.374 e. The molecule has 2 atom stereocenters. The van der Waals surface area contributed by atoms with Crippen molar-refractivity contribution in [3.8, 4) is 0 Å². The first kappa shape index (κ1) is 21.0. The second kappa shape index (κ2) is 9.87. The minimum absolute atomic E-state index is 0.291. The molecule has 1 heteroatoms. The Morgan fingerprint density at radius 2 is 0.952 bits per heavy atom. The molecule has 0 amide bonds. The Morgan fingerprint density at radius 1 is 0.619 bits per heavy atom. The molecule has 0 aliphatic heterocycles. The molecule has 128 valence electrons. The summed E-state index contributed by atoms with van der Waals surface area (Å²) in [5.74, 6) is 0. The Labute approximate surface area is 135 Å². The number of ether oxygens (including phenoxy) is 1. The fraction of sp³-hybridized carbons (Fsp3) is 1.00. The summed E-state index contributed by atoms with van der Waals surface area (Å²) in [7, 11) is 0. The van der Waals surface area contributed by atoms with E-state index in [1.807, 2.05) is 0 Å². The monoisotopic (exact) mass is 298 g/mol. The molecule has 0 saturated carbocycles. The molecule has 0 rings (SSSR count). The molecule has 0 aromatic rings. The van der Waals surface area contributed by atoms with Crippen molar-refractivity contribution < 1.29 is 4.74 Å². The number of rotatable bonds is 12. The van der Waals surface area contributed by atoms with Gasteiger partial charge in [-0.15, -0.1) is 0 Å². The SMILES string of the molecule is CCCC(OC(CCC)C(C)(C)CCC)C(C)(C)CCC. The summed E-state index contributed by atoms with van der Waals surface area (Å²) in [5.41, 5.74) is 0.581. The summed E-state index contributed by atoms with van der Waals surface area (Å²) in [6.45, 7) is 18.7. The summed E-state index contributed by atoms with van der Waals surface area (Å²) in [6.07, 6.45) is 10.6. The highest BCUT2D eigenvalue weighted by Gasteiger charge is 2.36. The van der Waals surface area contributed by atoms with Gasteiger partial charge in [0.1, 0.15) is 0 Å². The van der Waals surface area contributed by atoms with E-state index in [0.717, 1.165) is 0 Å². The van der Waals surface area contributed by atoms with Crippen molar-refractivity contribution in [1.29, 1.82) is 0 Å². The second-order valence-electron chi connectivity index (χ2n) is 8.17. The Kier molecular flexibility index (Phi) is 9.85. The third kappa shape index (κ3) is 7.17. The summed E-state index contributed by atoms with van der Waals surface area (Å²) in [4.78, 5) is 0. The largest absolute Gasteiger partial charge is 0.374 e. The van der Waals surface area contributed by atoms with Crippen LogP contribution in [0.1, 0.15) is 107 Å². The van der Waals surface area contributed by atoms with Crippen LogP contribution in [0.15, 0.2) is 0 Å². The molecule has 21 heavy (non-hydrogen) atoms. The zero-order chi connectivity index (χ0) is 16.5. The summed E-state index contributed by atoms with van der Waals surface area (Å²) >= 11 is 0. The van der Waals surface area contributed by atoms with Gasteiger partial charge in [0.25, 0.3) is 0 Å². The molecule has 0 aliphatic rings. The van der Waals surface area contributed by atoms with Crippen LogP contribution in [0.2, 0.25) is 0 Å². The van der Waals surface area contributed by atoms with E-state index < -0.39 is 0 Å². The summed E-state index contributed by atoms with van der Waals surface area (Å²) < 4.78 is 6.77. The Hall–Kier alpha value is -0.0400. The van der Waals surface area contributed by atoms with Crippen molar-refractivity contribution in [3.63, 3.8) is 0 Å². The van der Waals surface area contributed by atoms with Gasteiger partial charge >= 0.3 is 0 Å². The molecule has 0 saturated heterocycles. The van der Waals surface area contributed by atoms with E-state index in [1.54, 1.807) is 0 Å². The molecular weight excluding hydrogens is 256 g/mol. The average Bonchev–Trinajstić information content (AvgIpc) is 2.37. The topological polar surface area (TPSA) is 9.23 Å². The van der Waals surface area contributed by atoms with E-state index in [1.165, 1.54) is 51.4 Å². The molecule has 0 fully saturated rings. The molecule has 0 aromatic carbocycles. The maximum Gasteiger partial charge on any atom is 0.0629 e. The minimum atomic E-state index is 0.291. The predicted molar refractivity (Wildman–Crippen MR) is 95.9 cm³/mol. The normalized spacial score (nSPS) is 16.0. The smallest absolute Gasteiger partial charge is 0.0629 e. The van der Waals surface area contributed by atoms with Crippen LogP contribution >= 0.6 is 0 Å². The van der Waals surface area contributed by atoms with Crippen LogP contribution in [-0.4, -0.2) is 12.2 Å². The van der Waals surface area contributed by atoms with Crippen molar-refractivity contribution in [3.05, 3.63) is 0 Å². The van der Waals surface area contributed by atoms with Crippen LogP contribution < -0.4 is 0 Å². The van der Waals surface area contributed by atoms with E-state index >= 15 is 0 Å². The quantitative estimate of drug-likeness (QED) is 0.377. The van der Waals surface area contributed by atoms with E-state index in [9.17, 15) is 0 Å². The van der Waals surface area contributed by atoms with Gasteiger partial charge in [0, 0.05) is 0 Å². The average molecular weight is 299 g/mol. The van der Waals surface area contributed by atoms with Gasteiger partial charge in [0.15, 0.2) is 0 Å². The second-order valence-corrected chi connectivity index (χ2v) is 8.17. The van der Waals surface area contributed by atoms with Crippen LogP contribution in [-0.2, 0) is 4.74 Å². The van der Waals surface area contributed by atoms with E-state index in [2.05, 4.69) is 55.4 Å². The van der Waals surface area contributed by atoms with Crippen LogP contribution in [0.3, 0.4) is 0 Å². The van der Waals surface area contributed by atoms with E-state index in [0.29, 0.717) is 23.0 Å². The Morgan fingerprint density at radius 3 is 1.19 bits per heavy atom. The number of hydrogen-bond donors (Lipinski definition) is 0. The highest BCUT2D eigenvalue weighted by atomic mass is 16.5. The summed E-state index contributed by atoms with van der Waals surface area (Å²) in [5, 5.41) is 0. The van der Waals surface area contributed by atoms with Gasteiger partial charge in [-0.2, -0.15) is 0 Å². The highest BCUT2D eigenvalue weighted by molar-refractivity contribution is 4.84. The van der Waals surface area contributed by atoms with Crippen molar-refractivity contribution in [2.75, 3.05) is 0 Å². The van der Waals surface area contributed by atoms with Crippen molar-refractivity contribution in [1.82, 2.24) is 0 Å². The Balaban J connectivity index is 5.05. The van der Waals surface area contributed by atoms with Crippen molar-refractivity contribution >= 4 is 0 Å². The lowest BCUT2D eigenvalue weighted by Gasteiger charge is -2.42. The summed E-state index contributed by atoms with van der Waals surface area (Å²) in [6, 6.07) is 0. The molecule has 0 aliphatic carbocycles. The first-order valence-electron chi connectivity index (χ1n) is 9.40. The maximum absolute atomic E-state index is 6.77. The zero-order valence-electron chi connectivity index (χ0n) is 16.2. The molecule has 0 N–H and O–H groups in total. The predicted octanol–water partition coefficient (Wildman–Crippen LogP) is 6.99. The van der Waals surface area contributed by atoms with Gasteiger partial charge in [-0.1, -0.05) is 81.1 Å². The number of hydrogen-bond acceptors (Lipinski definition) is 1. The standard InChI is InChI=1S/C20H42O/c1-9-13-17(19(5,6)15-11-3)21-18(14-10-2)20(7,8)16-12-4/h17-18H,9-16H2,1-8H3. The molecule has 1 nitrogen and oxygen atoms in total. The molecular formula is C20H42O. The van der Waals surface area contributed by atoms with Gasteiger partial charge in [0.05, 0.1) is 12.2 Å². The van der Waals surface area contributed by atoms with Crippen LogP contribution in [0, 0.1) is 10.8 Å². The lowest BCUT2D eigenvalue weighted by Crippen LogP contribution is -2.41. The van der Waals surface area contributed by atoms with Gasteiger partial charge in [-0.05, 0) is 36.5 Å². The fourth-order valence-electron chi connectivity index (χ4n) is 3.62. The zero-order valence-corrected chi connectivity index (χ0v) is 16.2. The first-order valence-corrected chi connectivity index (χ1v) is 9.40. The third-order valence-electron chi connectivity index (χ3n) is 4.96. The maximum atomic E-state index is 6.77. The molecule has 0 aromatic heterocycles. The van der Waals surface area contributed by atoms with Gasteiger partial charge < -0.3 is 4.74 Å². The Bertz CT molecular complexity index is 229. The lowest BCUT2D eigenvalue weighted by atomic mass is 9.77. The highest BCUT2D eigenvalue weighted by Crippen LogP contribution is 2.38. The van der Waals surface area contributed by atoms with Gasteiger partial charge in [-0.3, -0.25) is 0 Å². The molecule has 2 unspecified atom stereocenters. The van der Waals surface area contributed by atoms with Gasteiger partial charge in [-0.25, -0.2) is 0 Å². The third-order valence-corrected chi connectivity index (χ3v) is 4.96. The van der Waals surface area contributed by atoms with Crippen molar-refractivity contribution in [2.24, 2.45) is 10.8 Å². The molecule has 0 spiro atoms. The van der Waals surface area contributed by atoms with Crippen LogP contribution in [0.5, 0.6) is 0 Å². The lowest BCUT2D eigenvalue weighted by molar-refractivity contribution is -0.124. The van der Waals surface area contributed by atoms with Crippen LogP contribution in [0.4, 0.5) is 0 Å². The van der Waals surface area contributed by atoms with E-state index in [4.69, 9.17) is 4.74 Å². The van der Waals surface area contributed by atoms with Crippen molar-refractivity contribution in [2.45, 2.75) is 119 Å². The van der Waals surface area contributed by atoms with Crippen LogP contribution in [0.25, 0.3) is 0 Å². The molecule has 0 heterocycles. The van der Waals surface area contributed by atoms with Gasteiger partial charge in [0.2, 0.25) is 0 Å². The molecule has 0 radical (unpaired) electrons. The molecule has 0 bridgehead atoms.